The molecule has 0 aliphatic rings. The molecule has 10 heteroatoms. The van der Waals surface area contributed by atoms with Crippen LogP contribution in [0.25, 0.3) is 16.2 Å². The van der Waals surface area contributed by atoms with Gasteiger partial charge in [-0.2, -0.15) is 0 Å². The number of carbonyl (C=O) groups is 1. The van der Waals surface area contributed by atoms with Gasteiger partial charge in [0.15, 0.2) is 4.96 Å². The summed E-state index contributed by atoms with van der Waals surface area (Å²) in [6.07, 6.45) is 1.27. The van der Waals surface area contributed by atoms with Gasteiger partial charge in [0.05, 0.1) is 39.8 Å². The minimum atomic E-state index is -0.622. The highest BCUT2D eigenvalue weighted by Gasteiger charge is 2.20. The third-order valence-corrected chi connectivity index (χ3v) is 5.87. The molecule has 2 heterocycles. The van der Waals surface area contributed by atoms with E-state index >= 15 is 0 Å². The van der Waals surface area contributed by atoms with Gasteiger partial charge in [0, 0.05) is 23.2 Å². The van der Waals surface area contributed by atoms with Gasteiger partial charge >= 0.3 is 0 Å². The lowest BCUT2D eigenvalue weighted by Crippen LogP contribution is -2.26. The van der Waals surface area contributed by atoms with E-state index in [1.165, 1.54) is 36.2 Å². The molecule has 0 fully saturated rings. The number of ether oxygens (including phenoxy) is 4. The van der Waals surface area contributed by atoms with Gasteiger partial charge < -0.3 is 24.3 Å². The number of hydrogen-bond acceptors (Lipinski definition) is 8. The maximum absolute atomic E-state index is 13.4. The molecule has 2 aromatic heterocycles. The monoisotopic (exact) mass is 467 g/mol. The zero-order chi connectivity index (χ0) is 23.5. The van der Waals surface area contributed by atoms with Crippen LogP contribution >= 0.6 is 11.3 Å². The smallest absolute Gasteiger partial charge is 0.271 e. The summed E-state index contributed by atoms with van der Waals surface area (Å²) in [5, 5.41) is 4.50. The molecule has 9 nitrogen and oxygen atoms in total. The molecule has 0 unspecified atom stereocenters. The first-order chi connectivity index (χ1) is 16.0. The molecule has 33 heavy (non-hydrogen) atoms. The molecular weight excluding hydrogens is 446 g/mol. The molecule has 0 aliphatic carbocycles. The van der Waals surface area contributed by atoms with Crippen LogP contribution in [-0.2, 0) is 0 Å². The molecule has 4 rings (SSSR count). The average molecular weight is 468 g/mol. The van der Waals surface area contributed by atoms with Crippen molar-refractivity contribution in [2.45, 2.75) is 0 Å². The third-order valence-electron chi connectivity index (χ3n) is 5.03. The third kappa shape index (κ3) is 4.08. The highest BCUT2D eigenvalue weighted by atomic mass is 32.1. The number of carbonyl (C=O) groups excluding carboxylic acids is 1. The molecule has 0 bridgehead atoms. The molecule has 170 valence electrons. The Balaban J connectivity index is 1.80. The van der Waals surface area contributed by atoms with Crippen LogP contribution in [0.3, 0.4) is 0 Å². The number of thiazole rings is 1. The molecule has 0 saturated carbocycles. The fraction of sp³-hybridized carbons (Fsp3) is 0.174. The molecule has 0 atom stereocenters. The van der Waals surface area contributed by atoms with Crippen molar-refractivity contribution in [3.05, 3.63) is 63.9 Å². The van der Waals surface area contributed by atoms with Crippen LogP contribution in [0.15, 0.2) is 52.8 Å². The molecule has 0 spiro atoms. The van der Waals surface area contributed by atoms with Gasteiger partial charge in [-0.25, -0.2) is 4.98 Å². The van der Waals surface area contributed by atoms with Gasteiger partial charge in [-0.05, 0) is 30.3 Å². The topological polar surface area (TPSA) is 100 Å². The highest BCUT2D eigenvalue weighted by Crippen LogP contribution is 2.35. The molecule has 0 radical (unpaired) electrons. The summed E-state index contributed by atoms with van der Waals surface area (Å²) < 4.78 is 22.7. The zero-order valence-electron chi connectivity index (χ0n) is 18.4. The predicted molar refractivity (Wildman–Crippen MR) is 125 cm³/mol. The number of anilines is 1. The van der Waals surface area contributed by atoms with Gasteiger partial charge in [0.1, 0.15) is 28.6 Å². The summed E-state index contributed by atoms with van der Waals surface area (Å²) in [5.41, 5.74) is 0.904. The summed E-state index contributed by atoms with van der Waals surface area (Å²) in [7, 11) is 6.10. The Kier molecular flexibility index (Phi) is 6.18. The van der Waals surface area contributed by atoms with Crippen LogP contribution in [-0.4, -0.2) is 43.7 Å². The van der Waals surface area contributed by atoms with Crippen LogP contribution in [0.4, 0.5) is 5.69 Å². The maximum Gasteiger partial charge on any atom is 0.271 e. The lowest BCUT2D eigenvalue weighted by Gasteiger charge is -2.12. The predicted octanol–water partition coefficient (Wildman–Crippen LogP) is 3.71. The van der Waals surface area contributed by atoms with Crippen LogP contribution in [0, 0.1) is 0 Å². The Morgan fingerprint density at radius 2 is 1.61 bits per heavy atom. The number of methoxy groups -OCH3 is 4. The largest absolute Gasteiger partial charge is 0.497 e. The van der Waals surface area contributed by atoms with Crippen LogP contribution in [0.1, 0.15) is 10.4 Å². The number of fused-ring (bicyclic) bond motifs is 1. The Hall–Kier alpha value is -4.05. The number of nitrogens with zero attached hydrogens (tertiary/aromatic N) is 2. The van der Waals surface area contributed by atoms with Crippen molar-refractivity contribution in [1.29, 1.82) is 0 Å². The number of benzene rings is 2. The fourth-order valence-electron chi connectivity index (χ4n) is 3.35. The Bertz CT molecular complexity index is 1390. The fourth-order valence-corrected chi connectivity index (χ4v) is 4.20. The van der Waals surface area contributed by atoms with Crippen LogP contribution in [0.5, 0.6) is 23.0 Å². The first kappa shape index (κ1) is 22.2. The van der Waals surface area contributed by atoms with E-state index in [1.807, 2.05) is 0 Å². The normalized spacial score (nSPS) is 10.7. The van der Waals surface area contributed by atoms with E-state index in [4.69, 9.17) is 18.9 Å². The van der Waals surface area contributed by atoms with Crippen molar-refractivity contribution >= 4 is 27.9 Å². The van der Waals surface area contributed by atoms with Gasteiger partial charge in [0.2, 0.25) is 0 Å². The SMILES string of the molecule is COc1ccc(OC)c(NC(=O)c2cnc3scc(-c4cc(OC)ccc4OC)n3c2=O)c1. The van der Waals surface area contributed by atoms with Crippen molar-refractivity contribution in [2.75, 3.05) is 33.8 Å². The number of rotatable bonds is 7. The van der Waals surface area contributed by atoms with E-state index in [2.05, 4.69) is 10.3 Å². The molecule has 0 saturated heterocycles. The lowest BCUT2D eigenvalue weighted by atomic mass is 10.1. The molecular formula is C23H21N3O6S. The van der Waals surface area contributed by atoms with Crippen LogP contribution < -0.4 is 29.8 Å². The Labute approximate surface area is 193 Å². The average Bonchev–Trinajstić information content (AvgIpc) is 3.28. The van der Waals surface area contributed by atoms with E-state index in [0.717, 1.165) is 0 Å². The number of aromatic nitrogens is 2. The van der Waals surface area contributed by atoms with Gasteiger partial charge in [-0.1, -0.05) is 0 Å². The second kappa shape index (κ2) is 9.21. The standard InChI is InChI=1S/C23H21N3O6S/c1-29-13-5-7-19(31-3)15(9-13)18-12-33-23-24-11-16(22(28)26(18)23)21(27)25-17-10-14(30-2)6-8-20(17)32-4/h5-12H,1-4H3,(H,25,27). The van der Waals surface area contributed by atoms with Gasteiger partial charge in [-0.3, -0.25) is 14.0 Å². The summed E-state index contributed by atoms with van der Waals surface area (Å²) in [5.74, 6) is 1.49. The maximum atomic E-state index is 13.4. The minimum absolute atomic E-state index is 0.126. The van der Waals surface area contributed by atoms with Gasteiger partial charge in [0.25, 0.3) is 11.5 Å². The highest BCUT2D eigenvalue weighted by molar-refractivity contribution is 7.15. The summed E-state index contributed by atoms with van der Waals surface area (Å²) in [6.45, 7) is 0. The summed E-state index contributed by atoms with van der Waals surface area (Å²) >= 11 is 1.28. The molecule has 1 amide bonds. The Morgan fingerprint density at radius 3 is 2.27 bits per heavy atom. The first-order valence-corrected chi connectivity index (χ1v) is 10.6. The van der Waals surface area contributed by atoms with Crippen molar-refractivity contribution in [3.63, 3.8) is 0 Å². The van der Waals surface area contributed by atoms with E-state index in [0.29, 0.717) is 44.9 Å². The van der Waals surface area contributed by atoms with E-state index in [9.17, 15) is 9.59 Å². The van der Waals surface area contributed by atoms with Crippen LogP contribution in [0.2, 0.25) is 0 Å². The zero-order valence-corrected chi connectivity index (χ0v) is 19.2. The number of nitrogens with one attached hydrogen (secondary N) is 1. The van der Waals surface area contributed by atoms with E-state index in [1.54, 1.807) is 56.0 Å². The number of hydrogen-bond donors (Lipinski definition) is 1. The van der Waals surface area contributed by atoms with Crippen molar-refractivity contribution in [3.8, 4) is 34.3 Å². The molecule has 0 aliphatic heterocycles. The van der Waals surface area contributed by atoms with E-state index < -0.39 is 11.5 Å². The summed E-state index contributed by atoms with van der Waals surface area (Å²) in [6, 6.07) is 10.3. The Morgan fingerprint density at radius 1 is 0.939 bits per heavy atom. The number of amides is 1. The lowest BCUT2D eigenvalue weighted by molar-refractivity contribution is 0.102. The van der Waals surface area contributed by atoms with Crippen molar-refractivity contribution in [1.82, 2.24) is 9.38 Å². The second-order valence-electron chi connectivity index (χ2n) is 6.80. The molecule has 1 N–H and O–H groups in total. The van der Waals surface area contributed by atoms with Crippen molar-refractivity contribution < 1.29 is 23.7 Å². The van der Waals surface area contributed by atoms with E-state index in [-0.39, 0.29) is 5.56 Å². The summed E-state index contributed by atoms with van der Waals surface area (Å²) in [4.78, 5) is 31.2. The first-order valence-electron chi connectivity index (χ1n) is 9.75. The van der Waals surface area contributed by atoms with Gasteiger partial charge in [-0.15, -0.1) is 11.3 Å². The molecule has 2 aromatic carbocycles. The second-order valence-corrected chi connectivity index (χ2v) is 7.64. The minimum Gasteiger partial charge on any atom is -0.497 e. The quantitative estimate of drug-likeness (QED) is 0.442. The molecule has 4 aromatic rings. The van der Waals surface area contributed by atoms with Crippen molar-refractivity contribution in [2.24, 2.45) is 0 Å².